The number of hydrogen-bond donors (Lipinski definition) is 2. The van der Waals surface area contributed by atoms with Gasteiger partial charge in [0.05, 0.1) is 0 Å². The normalized spacial score (nSPS) is 15.8. The van der Waals surface area contributed by atoms with Crippen LogP contribution in [-0.2, 0) is 5.60 Å². The van der Waals surface area contributed by atoms with Crippen molar-refractivity contribution in [3.8, 4) is 0 Å². The number of nitrogens with one attached hydrogen (secondary N) is 1. The zero-order valence-corrected chi connectivity index (χ0v) is 15.4. The van der Waals surface area contributed by atoms with Gasteiger partial charge in [-0.2, -0.15) is 0 Å². The van der Waals surface area contributed by atoms with Crippen LogP contribution in [0.3, 0.4) is 0 Å². The zero-order chi connectivity index (χ0) is 18.9. The van der Waals surface area contributed by atoms with Gasteiger partial charge in [-0.25, -0.2) is 0 Å². The number of rotatable bonds is 5. The van der Waals surface area contributed by atoms with Crippen LogP contribution >= 0.6 is 11.6 Å². The Hall–Kier alpha value is -2.69. The van der Waals surface area contributed by atoms with Crippen LogP contribution in [0, 0.1) is 0 Å². The van der Waals surface area contributed by atoms with Crippen LogP contribution in [0.15, 0.2) is 73.1 Å². The van der Waals surface area contributed by atoms with Crippen molar-refractivity contribution >= 4 is 17.5 Å². The summed E-state index contributed by atoms with van der Waals surface area (Å²) >= 11 is 6.03. The van der Waals surface area contributed by atoms with Crippen LogP contribution in [0.1, 0.15) is 39.9 Å². The lowest BCUT2D eigenvalue weighted by molar-refractivity contribution is 0.0950. The van der Waals surface area contributed by atoms with Gasteiger partial charge >= 0.3 is 0 Å². The first kappa shape index (κ1) is 17.7. The van der Waals surface area contributed by atoms with Gasteiger partial charge in [-0.05, 0) is 54.3 Å². The van der Waals surface area contributed by atoms with Gasteiger partial charge in [-0.1, -0.05) is 41.9 Å². The van der Waals surface area contributed by atoms with Gasteiger partial charge in [0.25, 0.3) is 5.91 Å². The molecule has 0 spiro atoms. The largest absolute Gasteiger partial charge is 0.376 e. The second-order valence-electron chi connectivity index (χ2n) is 6.79. The highest BCUT2D eigenvalue weighted by atomic mass is 35.5. The summed E-state index contributed by atoms with van der Waals surface area (Å²) < 4.78 is 0. The summed E-state index contributed by atoms with van der Waals surface area (Å²) in [6, 6.07) is 18.0. The van der Waals surface area contributed by atoms with E-state index in [9.17, 15) is 9.90 Å². The SMILES string of the molecule is O=C(NC1CC1)c1cccc(C(O)(c2ccc(Cl)cc2)c2cccnc2)c1. The van der Waals surface area contributed by atoms with Crippen LogP contribution in [0.5, 0.6) is 0 Å². The van der Waals surface area contributed by atoms with E-state index in [0.29, 0.717) is 27.3 Å². The third kappa shape index (κ3) is 3.59. The Morgan fingerprint density at radius 2 is 1.78 bits per heavy atom. The second kappa shape index (κ2) is 7.14. The number of nitrogens with zero attached hydrogens (tertiary/aromatic N) is 1. The van der Waals surface area contributed by atoms with Gasteiger partial charge in [0.2, 0.25) is 0 Å². The first-order valence-corrected chi connectivity index (χ1v) is 9.25. The molecule has 4 nitrogen and oxygen atoms in total. The molecule has 136 valence electrons. The fourth-order valence-electron chi connectivity index (χ4n) is 3.15. The molecular formula is C22H19ClN2O2. The molecule has 5 heteroatoms. The zero-order valence-electron chi connectivity index (χ0n) is 14.6. The van der Waals surface area contributed by atoms with Crippen LogP contribution in [0.4, 0.5) is 0 Å². The smallest absolute Gasteiger partial charge is 0.251 e. The molecule has 0 bridgehead atoms. The Bertz CT molecular complexity index is 956. The molecule has 2 aromatic carbocycles. The molecule has 1 atom stereocenters. The lowest BCUT2D eigenvalue weighted by Crippen LogP contribution is -2.30. The number of hydrogen-bond acceptors (Lipinski definition) is 3. The summed E-state index contributed by atoms with van der Waals surface area (Å²) in [5.41, 5.74) is 0.943. The minimum atomic E-state index is -1.45. The molecule has 0 radical (unpaired) electrons. The predicted octanol–water partition coefficient (Wildman–Crippen LogP) is 3.91. The Labute approximate surface area is 162 Å². The average Bonchev–Trinajstić information content (AvgIpc) is 3.53. The van der Waals surface area contributed by atoms with Gasteiger partial charge < -0.3 is 10.4 Å². The Morgan fingerprint density at radius 3 is 2.44 bits per heavy atom. The van der Waals surface area contributed by atoms with Gasteiger partial charge in [0.15, 0.2) is 0 Å². The van der Waals surface area contributed by atoms with E-state index < -0.39 is 5.60 Å². The van der Waals surface area contributed by atoms with Crippen molar-refractivity contribution in [2.75, 3.05) is 0 Å². The molecule has 0 saturated heterocycles. The highest BCUT2D eigenvalue weighted by molar-refractivity contribution is 6.30. The molecule has 4 rings (SSSR count). The lowest BCUT2D eigenvalue weighted by Gasteiger charge is -2.30. The molecular weight excluding hydrogens is 360 g/mol. The van der Waals surface area contributed by atoms with Crippen molar-refractivity contribution in [1.29, 1.82) is 0 Å². The molecule has 1 aromatic heterocycles. The van der Waals surface area contributed by atoms with Crippen molar-refractivity contribution < 1.29 is 9.90 Å². The third-order valence-corrected chi connectivity index (χ3v) is 5.05. The molecule has 27 heavy (non-hydrogen) atoms. The number of amides is 1. The van der Waals surface area contributed by atoms with E-state index in [1.165, 1.54) is 0 Å². The molecule has 1 saturated carbocycles. The van der Waals surface area contributed by atoms with Crippen molar-refractivity contribution in [2.24, 2.45) is 0 Å². The molecule has 2 N–H and O–H groups in total. The van der Waals surface area contributed by atoms with E-state index in [0.717, 1.165) is 12.8 Å². The highest BCUT2D eigenvalue weighted by Gasteiger charge is 2.35. The van der Waals surface area contributed by atoms with Crippen LogP contribution in [-0.4, -0.2) is 22.0 Å². The van der Waals surface area contributed by atoms with Crippen molar-refractivity contribution in [2.45, 2.75) is 24.5 Å². The van der Waals surface area contributed by atoms with E-state index in [2.05, 4.69) is 10.3 Å². The van der Waals surface area contributed by atoms with E-state index in [1.807, 2.05) is 12.1 Å². The fraction of sp³-hybridized carbons (Fsp3) is 0.182. The van der Waals surface area contributed by atoms with E-state index >= 15 is 0 Å². The number of carbonyl (C=O) groups is 1. The number of benzene rings is 2. The lowest BCUT2D eigenvalue weighted by atomic mass is 9.80. The fourth-order valence-corrected chi connectivity index (χ4v) is 3.28. The number of pyridine rings is 1. The molecule has 1 aliphatic rings. The molecule has 1 aliphatic carbocycles. The summed E-state index contributed by atoms with van der Waals surface area (Å²) in [5, 5.41) is 15.4. The van der Waals surface area contributed by atoms with Crippen molar-refractivity contribution in [1.82, 2.24) is 10.3 Å². The maximum Gasteiger partial charge on any atom is 0.251 e. The summed E-state index contributed by atoms with van der Waals surface area (Å²) in [5.74, 6) is -0.121. The minimum Gasteiger partial charge on any atom is -0.376 e. The highest BCUT2D eigenvalue weighted by Crippen LogP contribution is 2.37. The van der Waals surface area contributed by atoms with E-state index in [-0.39, 0.29) is 11.9 Å². The maximum atomic E-state index is 12.5. The molecule has 1 amide bonds. The first-order valence-electron chi connectivity index (χ1n) is 8.88. The van der Waals surface area contributed by atoms with Crippen molar-refractivity contribution in [3.05, 3.63) is 100 Å². The third-order valence-electron chi connectivity index (χ3n) is 4.80. The molecule has 1 fully saturated rings. The van der Waals surface area contributed by atoms with Gasteiger partial charge in [0, 0.05) is 34.6 Å². The quantitative estimate of drug-likeness (QED) is 0.707. The van der Waals surface area contributed by atoms with Gasteiger partial charge in [0.1, 0.15) is 5.60 Å². The number of carbonyl (C=O) groups excluding carboxylic acids is 1. The molecule has 0 aliphatic heterocycles. The van der Waals surface area contributed by atoms with Crippen molar-refractivity contribution in [3.63, 3.8) is 0 Å². The summed E-state index contributed by atoms with van der Waals surface area (Å²) in [6.45, 7) is 0. The summed E-state index contributed by atoms with van der Waals surface area (Å²) in [7, 11) is 0. The van der Waals surface area contributed by atoms with Crippen LogP contribution < -0.4 is 5.32 Å². The standard InChI is InChI=1S/C22H19ClN2O2/c23-19-8-6-16(7-9-19)22(27,18-5-2-12-24-14-18)17-4-1-3-15(13-17)21(26)25-20-10-11-20/h1-9,12-14,20,27H,10-11H2,(H,25,26). The minimum absolute atomic E-state index is 0.121. The molecule has 1 heterocycles. The average molecular weight is 379 g/mol. The number of aliphatic hydroxyl groups is 1. The predicted molar refractivity (Wildman–Crippen MR) is 105 cm³/mol. The first-order chi connectivity index (χ1) is 13.1. The Kier molecular flexibility index (Phi) is 4.68. The Morgan fingerprint density at radius 1 is 1.04 bits per heavy atom. The molecule has 1 unspecified atom stereocenters. The van der Waals surface area contributed by atoms with E-state index in [1.54, 1.807) is 60.9 Å². The van der Waals surface area contributed by atoms with E-state index in [4.69, 9.17) is 11.6 Å². The number of halogens is 1. The monoisotopic (exact) mass is 378 g/mol. The van der Waals surface area contributed by atoms with Crippen LogP contribution in [0.25, 0.3) is 0 Å². The second-order valence-corrected chi connectivity index (χ2v) is 7.22. The van der Waals surface area contributed by atoms with Crippen LogP contribution in [0.2, 0.25) is 5.02 Å². The topological polar surface area (TPSA) is 62.2 Å². The van der Waals surface area contributed by atoms with Gasteiger partial charge in [-0.3, -0.25) is 9.78 Å². The number of aromatic nitrogens is 1. The summed E-state index contributed by atoms with van der Waals surface area (Å²) in [6.07, 6.45) is 5.34. The van der Waals surface area contributed by atoms with Gasteiger partial charge in [-0.15, -0.1) is 0 Å². The summed E-state index contributed by atoms with van der Waals surface area (Å²) in [4.78, 5) is 16.6. The molecule has 3 aromatic rings. The maximum absolute atomic E-state index is 12.5. The Balaban J connectivity index is 1.81.